The quantitative estimate of drug-likeness (QED) is 0.589. The number of thiazole rings is 1. The normalized spacial score (nSPS) is 11.8. The van der Waals surface area contributed by atoms with Gasteiger partial charge in [0.15, 0.2) is 0 Å². The maximum Gasteiger partial charge on any atom is 0.331 e. The van der Waals surface area contributed by atoms with E-state index >= 15 is 0 Å². The molecule has 1 aromatic rings. The van der Waals surface area contributed by atoms with E-state index in [9.17, 15) is 4.79 Å². The number of carbonyl (C=O) groups is 1. The van der Waals surface area contributed by atoms with Gasteiger partial charge >= 0.3 is 5.97 Å². The van der Waals surface area contributed by atoms with Crippen molar-refractivity contribution in [2.75, 3.05) is 6.54 Å². The molecule has 0 bridgehead atoms. The van der Waals surface area contributed by atoms with Crippen LogP contribution >= 0.6 is 11.3 Å². The van der Waals surface area contributed by atoms with Crippen molar-refractivity contribution in [2.45, 2.75) is 26.8 Å². The summed E-state index contributed by atoms with van der Waals surface area (Å²) in [5.41, 5.74) is 1.47. The monoisotopic (exact) mass is 240 g/mol. The van der Waals surface area contributed by atoms with E-state index < -0.39 is 5.97 Å². The van der Waals surface area contributed by atoms with Crippen molar-refractivity contribution in [2.24, 2.45) is 0 Å². The van der Waals surface area contributed by atoms with Crippen molar-refractivity contribution >= 4 is 17.3 Å². The van der Waals surface area contributed by atoms with Crippen LogP contribution in [0, 0.1) is 6.92 Å². The maximum atomic E-state index is 10.7. The van der Waals surface area contributed by atoms with Gasteiger partial charge in [0.1, 0.15) is 5.01 Å². The average molecular weight is 240 g/mol. The van der Waals surface area contributed by atoms with Crippen LogP contribution in [0.3, 0.4) is 0 Å². The minimum absolute atomic E-state index is 0.447. The Bertz CT molecular complexity index is 385. The van der Waals surface area contributed by atoms with Gasteiger partial charge in [0.25, 0.3) is 0 Å². The van der Waals surface area contributed by atoms with Crippen molar-refractivity contribution in [3.05, 3.63) is 27.7 Å². The molecule has 0 aliphatic heterocycles. The molecule has 1 heterocycles. The molecule has 2 N–H and O–H groups in total. The summed E-state index contributed by atoms with van der Waals surface area (Å²) in [6.45, 7) is 5.05. The summed E-state index contributed by atoms with van der Waals surface area (Å²) >= 11 is 1.61. The second-order valence-electron chi connectivity index (χ2n) is 3.40. The number of rotatable bonds is 6. The van der Waals surface area contributed by atoms with Gasteiger partial charge in [0, 0.05) is 29.7 Å². The van der Waals surface area contributed by atoms with E-state index in [1.165, 1.54) is 0 Å². The molecule has 0 aromatic carbocycles. The van der Waals surface area contributed by atoms with Gasteiger partial charge in [0.2, 0.25) is 0 Å². The molecule has 0 saturated heterocycles. The van der Waals surface area contributed by atoms with Crippen LogP contribution in [0.2, 0.25) is 0 Å². The summed E-state index contributed by atoms with van der Waals surface area (Å²) in [4.78, 5) is 15.0. The van der Waals surface area contributed by atoms with Crippen molar-refractivity contribution in [3.63, 3.8) is 0 Å². The topological polar surface area (TPSA) is 62.2 Å². The molecule has 0 amide bonds. The summed E-state index contributed by atoms with van der Waals surface area (Å²) in [5, 5.41) is 15.0. The van der Waals surface area contributed by atoms with Crippen LogP contribution in [0.15, 0.2) is 17.0 Å². The molecule has 0 unspecified atom stereocenters. The second-order valence-corrected chi connectivity index (χ2v) is 4.34. The number of hydrogen-bond donors (Lipinski definition) is 2. The third-order valence-electron chi connectivity index (χ3n) is 2.09. The van der Waals surface area contributed by atoms with Crippen LogP contribution in [0.1, 0.15) is 24.0 Å². The molecule has 0 aliphatic carbocycles. The van der Waals surface area contributed by atoms with Crippen molar-refractivity contribution in [1.29, 1.82) is 0 Å². The molecule has 0 spiro atoms. The van der Waals surface area contributed by atoms with Crippen LogP contribution in [-0.4, -0.2) is 22.6 Å². The molecule has 1 aromatic heterocycles. The van der Waals surface area contributed by atoms with Gasteiger partial charge < -0.3 is 10.4 Å². The fourth-order valence-electron chi connectivity index (χ4n) is 1.24. The van der Waals surface area contributed by atoms with Crippen LogP contribution in [-0.2, 0) is 11.3 Å². The third-order valence-corrected chi connectivity index (χ3v) is 3.06. The van der Waals surface area contributed by atoms with Crippen LogP contribution in [0.5, 0.6) is 0 Å². The SMILES string of the molecule is CCC(=CCNCc1nc(C)cs1)C(=O)O. The number of carboxylic acids is 1. The van der Waals surface area contributed by atoms with E-state index in [0.29, 0.717) is 25.1 Å². The Morgan fingerprint density at radius 2 is 2.44 bits per heavy atom. The first-order valence-corrected chi connectivity index (χ1v) is 6.05. The van der Waals surface area contributed by atoms with Gasteiger partial charge in [-0.3, -0.25) is 0 Å². The van der Waals surface area contributed by atoms with Gasteiger partial charge in [-0.05, 0) is 13.3 Å². The van der Waals surface area contributed by atoms with E-state index in [4.69, 9.17) is 5.11 Å². The number of nitrogens with one attached hydrogen (secondary N) is 1. The van der Waals surface area contributed by atoms with E-state index in [-0.39, 0.29) is 0 Å². The Balaban J connectivity index is 2.33. The maximum absolute atomic E-state index is 10.7. The van der Waals surface area contributed by atoms with Gasteiger partial charge in [-0.1, -0.05) is 13.0 Å². The summed E-state index contributed by atoms with van der Waals surface area (Å²) in [6.07, 6.45) is 2.26. The van der Waals surface area contributed by atoms with Crippen LogP contribution in [0.25, 0.3) is 0 Å². The zero-order chi connectivity index (χ0) is 12.0. The highest BCUT2D eigenvalue weighted by atomic mass is 32.1. The Kier molecular flexibility index (Phi) is 5.14. The molecule has 0 radical (unpaired) electrons. The standard InChI is InChI=1S/C11H16N2O2S/c1-3-9(11(14)15)4-5-12-6-10-13-8(2)7-16-10/h4,7,12H,3,5-6H2,1-2H3,(H,14,15). The molecule has 16 heavy (non-hydrogen) atoms. The largest absolute Gasteiger partial charge is 0.478 e. The van der Waals surface area contributed by atoms with Gasteiger partial charge in [-0.15, -0.1) is 11.3 Å². The highest BCUT2D eigenvalue weighted by Gasteiger charge is 2.02. The van der Waals surface area contributed by atoms with Crippen molar-refractivity contribution in [1.82, 2.24) is 10.3 Å². The van der Waals surface area contributed by atoms with Crippen LogP contribution in [0.4, 0.5) is 0 Å². The summed E-state index contributed by atoms with van der Waals surface area (Å²) in [6, 6.07) is 0. The zero-order valence-electron chi connectivity index (χ0n) is 9.49. The average Bonchev–Trinajstić information content (AvgIpc) is 2.64. The van der Waals surface area contributed by atoms with E-state index in [1.807, 2.05) is 19.2 Å². The predicted molar refractivity (Wildman–Crippen MR) is 64.6 cm³/mol. The molecule has 1 rings (SSSR count). The third kappa shape index (κ3) is 4.12. The van der Waals surface area contributed by atoms with Gasteiger partial charge in [0.05, 0.1) is 0 Å². The molecule has 0 atom stereocenters. The molecule has 4 nitrogen and oxygen atoms in total. The lowest BCUT2D eigenvalue weighted by atomic mass is 10.2. The fraction of sp³-hybridized carbons (Fsp3) is 0.455. The number of nitrogens with zero attached hydrogens (tertiary/aromatic N) is 1. The lowest BCUT2D eigenvalue weighted by molar-refractivity contribution is -0.132. The number of carboxylic acid groups (broad SMARTS) is 1. The van der Waals surface area contributed by atoms with Gasteiger partial charge in [-0.2, -0.15) is 0 Å². The second kappa shape index (κ2) is 6.40. The molecule has 0 aliphatic rings. The number of aliphatic carboxylic acids is 1. The first-order valence-electron chi connectivity index (χ1n) is 5.17. The highest BCUT2D eigenvalue weighted by Crippen LogP contribution is 2.07. The molecular formula is C11H16N2O2S. The molecule has 0 fully saturated rings. The van der Waals surface area contributed by atoms with E-state index in [0.717, 1.165) is 10.7 Å². The predicted octanol–water partition coefficient (Wildman–Crippen LogP) is 1.96. The highest BCUT2D eigenvalue weighted by molar-refractivity contribution is 7.09. The number of aromatic nitrogens is 1. The first kappa shape index (κ1) is 12.9. The van der Waals surface area contributed by atoms with Crippen molar-refractivity contribution in [3.8, 4) is 0 Å². The van der Waals surface area contributed by atoms with E-state index in [1.54, 1.807) is 17.4 Å². The Morgan fingerprint density at radius 3 is 2.94 bits per heavy atom. The Morgan fingerprint density at radius 1 is 1.69 bits per heavy atom. The van der Waals surface area contributed by atoms with E-state index in [2.05, 4.69) is 10.3 Å². The molecular weight excluding hydrogens is 224 g/mol. The number of hydrogen-bond acceptors (Lipinski definition) is 4. The Labute approximate surface area is 99.0 Å². The smallest absolute Gasteiger partial charge is 0.331 e. The summed E-state index contributed by atoms with van der Waals surface area (Å²) < 4.78 is 0. The van der Waals surface area contributed by atoms with Gasteiger partial charge in [-0.25, -0.2) is 9.78 Å². The minimum atomic E-state index is -0.839. The van der Waals surface area contributed by atoms with Crippen molar-refractivity contribution < 1.29 is 9.90 Å². The molecule has 0 saturated carbocycles. The summed E-state index contributed by atoms with van der Waals surface area (Å²) in [7, 11) is 0. The van der Waals surface area contributed by atoms with Crippen LogP contribution < -0.4 is 5.32 Å². The lowest BCUT2D eigenvalue weighted by Crippen LogP contribution is -2.14. The Hall–Kier alpha value is -1.20. The zero-order valence-corrected chi connectivity index (χ0v) is 10.3. The minimum Gasteiger partial charge on any atom is -0.478 e. The summed E-state index contributed by atoms with van der Waals surface area (Å²) in [5.74, 6) is -0.839. The lowest BCUT2D eigenvalue weighted by Gasteiger charge is -2.00. The molecule has 88 valence electrons. The fourth-order valence-corrected chi connectivity index (χ4v) is 1.98. The first-order chi connectivity index (χ1) is 7.63. The number of aryl methyl sites for hydroxylation is 1. The molecule has 5 heteroatoms.